The topological polar surface area (TPSA) is 69.8 Å². The second-order valence-corrected chi connectivity index (χ2v) is 4.32. The van der Waals surface area contributed by atoms with Crippen LogP contribution in [-0.4, -0.2) is 28.8 Å². The van der Waals surface area contributed by atoms with Gasteiger partial charge < -0.3 is 10.3 Å². The lowest BCUT2D eigenvalue weighted by Gasteiger charge is -2.02. The van der Waals surface area contributed by atoms with E-state index >= 15 is 0 Å². The zero-order chi connectivity index (χ0) is 11.6. The number of aromatic nitrogens is 2. The van der Waals surface area contributed by atoms with Gasteiger partial charge >= 0.3 is 6.03 Å². The standard InChI is InChI=1S/C10H18N4OS/c1-11-10(15)14-16-6-4-2-3-5-9-7-12-8-13-9/h7-8H,2-6H2,1H3,(H,12,13)(H2,11,14,15). The molecule has 0 spiro atoms. The number of rotatable bonds is 7. The number of unbranched alkanes of at least 4 members (excludes halogenated alkanes) is 2. The van der Waals surface area contributed by atoms with Gasteiger partial charge in [0.05, 0.1) is 6.33 Å². The average molecular weight is 242 g/mol. The summed E-state index contributed by atoms with van der Waals surface area (Å²) in [6.07, 6.45) is 8.06. The van der Waals surface area contributed by atoms with Crippen molar-refractivity contribution in [3.05, 3.63) is 18.2 Å². The van der Waals surface area contributed by atoms with Crippen molar-refractivity contribution in [3.8, 4) is 0 Å². The predicted octanol–water partition coefficient (Wildman–Crippen LogP) is 1.70. The van der Waals surface area contributed by atoms with Crippen molar-refractivity contribution in [2.45, 2.75) is 25.7 Å². The molecule has 2 amide bonds. The van der Waals surface area contributed by atoms with Gasteiger partial charge in [-0.3, -0.25) is 4.72 Å². The van der Waals surface area contributed by atoms with E-state index < -0.39 is 0 Å². The molecule has 1 aromatic heterocycles. The minimum absolute atomic E-state index is 0.137. The maximum atomic E-state index is 10.8. The van der Waals surface area contributed by atoms with Crippen LogP contribution in [0.15, 0.2) is 12.5 Å². The number of amides is 2. The number of hydrogen-bond acceptors (Lipinski definition) is 3. The quantitative estimate of drug-likeness (QED) is 0.503. The summed E-state index contributed by atoms with van der Waals surface area (Å²) in [6, 6.07) is -0.137. The maximum absolute atomic E-state index is 10.8. The first-order valence-corrected chi connectivity index (χ1v) is 6.38. The highest BCUT2D eigenvalue weighted by atomic mass is 32.2. The van der Waals surface area contributed by atoms with E-state index in [2.05, 4.69) is 20.0 Å². The molecule has 0 aliphatic rings. The first kappa shape index (κ1) is 12.9. The van der Waals surface area contributed by atoms with Crippen molar-refractivity contribution in [3.63, 3.8) is 0 Å². The SMILES string of the molecule is CNC(=O)NSCCCCCc1cnc[nH]1. The Morgan fingerprint density at radius 2 is 2.38 bits per heavy atom. The van der Waals surface area contributed by atoms with Gasteiger partial charge in [-0.2, -0.15) is 0 Å². The Balaban J connectivity index is 1.87. The van der Waals surface area contributed by atoms with Crippen molar-refractivity contribution in [2.24, 2.45) is 0 Å². The molecule has 0 unspecified atom stereocenters. The Hall–Kier alpha value is -1.17. The molecule has 16 heavy (non-hydrogen) atoms. The van der Waals surface area contributed by atoms with Crippen LogP contribution in [0.1, 0.15) is 25.0 Å². The lowest BCUT2D eigenvalue weighted by molar-refractivity contribution is 0.248. The van der Waals surface area contributed by atoms with Crippen molar-refractivity contribution >= 4 is 18.0 Å². The van der Waals surface area contributed by atoms with E-state index in [0.29, 0.717) is 0 Å². The molecule has 0 saturated carbocycles. The summed E-state index contributed by atoms with van der Waals surface area (Å²) in [5, 5.41) is 2.50. The van der Waals surface area contributed by atoms with E-state index in [-0.39, 0.29) is 6.03 Å². The monoisotopic (exact) mass is 242 g/mol. The molecule has 0 saturated heterocycles. The molecule has 90 valence electrons. The van der Waals surface area contributed by atoms with Gasteiger partial charge in [-0.25, -0.2) is 9.78 Å². The number of nitrogens with one attached hydrogen (secondary N) is 3. The van der Waals surface area contributed by atoms with E-state index in [1.165, 1.54) is 24.1 Å². The van der Waals surface area contributed by atoms with E-state index in [0.717, 1.165) is 25.0 Å². The number of hydrogen-bond donors (Lipinski definition) is 3. The summed E-state index contributed by atoms with van der Waals surface area (Å²) in [6.45, 7) is 0. The van der Waals surface area contributed by atoms with Gasteiger partial charge in [-0.1, -0.05) is 6.42 Å². The van der Waals surface area contributed by atoms with Crippen molar-refractivity contribution in [1.82, 2.24) is 20.0 Å². The van der Waals surface area contributed by atoms with Gasteiger partial charge in [0, 0.05) is 24.7 Å². The second-order valence-electron chi connectivity index (χ2n) is 3.42. The predicted molar refractivity (Wildman–Crippen MR) is 66.2 cm³/mol. The molecule has 0 aromatic carbocycles. The van der Waals surface area contributed by atoms with Crippen molar-refractivity contribution < 1.29 is 4.79 Å². The summed E-state index contributed by atoms with van der Waals surface area (Å²) in [5.74, 6) is 0.955. The number of aromatic amines is 1. The second kappa shape index (κ2) is 8.04. The molecule has 1 rings (SSSR count). The molecule has 1 aromatic rings. The molecule has 0 atom stereocenters. The lowest BCUT2D eigenvalue weighted by Crippen LogP contribution is -2.27. The molecule has 1 heterocycles. The normalized spacial score (nSPS) is 10.1. The molecule has 0 radical (unpaired) electrons. The van der Waals surface area contributed by atoms with Crippen LogP contribution in [0.2, 0.25) is 0 Å². The number of H-pyrrole nitrogens is 1. The van der Waals surface area contributed by atoms with Gasteiger partial charge in [0.1, 0.15) is 0 Å². The number of aryl methyl sites for hydroxylation is 1. The van der Waals surface area contributed by atoms with Crippen LogP contribution in [0.25, 0.3) is 0 Å². The Kier molecular flexibility index (Phi) is 6.48. The molecule has 0 aliphatic carbocycles. The molecule has 0 fully saturated rings. The number of carbonyl (C=O) groups excluding carboxylic acids is 1. The van der Waals surface area contributed by atoms with E-state index in [1.807, 2.05) is 6.20 Å². The van der Waals surface area contributed by atoms with Crippen LogP contribution >= 0.6 is 11.9 Å². The molecule has 6 heteroatoms. The van der Waals surface area contributed by atoms with Gasteiger partial charge in [0.2, 0.25) is 0 Å². The third kappa shape index (κ3) is 5.65. The highest BCUT2D eigenvalue weighted by molar-refractivity contribution is 7.97. The highest BCUT2D eigenvalue weighted by Gasteiger charge is 1.96. The van der Waals surface area contributed by atoms with Crippen LogP contribution in [0, 0.1) is 0 Å². The van der Waals surface area contributed by atoms with Crippen LogP contribution < -0.4 is 10.0 Å². The third-order valence-electron chi connectivity index (χ3n) is 2.14. The summed E-state index contributed by atoms with van der Waals surface area (Å²) in [4.78, 5) is 17.8. The third-order valence-corrected chi connectivity index (χ3v) is 2.96. The van der Waals surface area contributed by atoms with E-state index in [9.17, 15) is 4.79 Å². The first-order valence-electron chi connectivity index (χ1n) is 5.39. The number of carbonyl (C=O) groups is 1. The zero-order valence-corrected chi connectivity index (χ0v) is 10.3. The van der Waals surface area contributed by atoms with Crippen LogP contribution in [0.5, 0.6) is 0 Å². The number of imidazole rings is 1. The van der Waals surface area contributed by atoms with Crippen LogP contribution in [0.4, 0.5) is 4.79 Å². The number of urea groups is 1. The smallest absolute Gasteiger partial charge is 0.324 e. The van der Waals surface area contributed by atoms with Gasteiger partial charge in [-0.15, -0.1) is 0 Å². The maximum Gasteiger partial charge on any atom is 0.324 e. The summed E-state index contributed by atoms with van der Waals surface area (Å²) in [5.41, 5.74) is 1.19. The van der Waals surface area contributed by atoms with Crippen LogP contribution in [-0.2, 0) is 6.42 Å². The Morgan fingerprint density at radius 1 is 1.50 bits per heavy atom. The molecule has 0 aliphatic heterocycles. The van der Waals surface area contributed by atoms with Gasteiger partial charge in [-0.05, 0) is 31.2 Å². The first-order chi connectivity index (χ1) is 7.83. The molecule has 3 N–H and O–H groups in total. The van der Waals surface area contributed by atoms with Gasteiger partial charge in [0.15, 0.2) is 0 Å². The molecule has 0 bridgehead atoms. The molecular weight excluding hydrogens is 224 g/mol. The zero-order valence-electron chi connectivity index (χ0n) is 9.45. The Labute approximate surface area is 99.9 Å². The fraction of sp³-hybridized carbons (Fsp3) is 0.600. The minimum atomic E-state index is -0.137. The van der Waals surface area contributed by atoms with Crippen molar-refractivity contribution in [1.29, 1.82) is 0 Å². The van der Waals surface area contributed by atoms with E-state index in [4.69, 9.17) is 0 Å². The average Bonchev–Trinajstić information content (AvgIpc) is 2.80. The minimum Gasteiger partial charge on any atom is -0.348 e. The van der Waals surface area contributed by atoms with Gasteiger partial charge in [0.25, 0.3) is 0 Å². The molecule has 5 nitrogen and oxygen atoms in total. The number of nitrogens with zero attached hydrogens (tertiary/aromatic N) is 1. The molecular formula is C10H18N4OS. The Bertz CT molecular complexity index is 289. The van der Waals surface area contributed by atoms with Crippen LogP contribution in [0.3, 0.4) is 0 Å². The Morgan fingerprint density at radius 3 is 3.06 bits per heavy atom. The fourth-order valence-corrected chi connectivity index (χ4v) is 1.94. The summed E-state index contributed by atoms with van der Waals surface area (Å²) >= 11 is 1.45. The summed E-state index contributed by atoms with van der Waals surface area (Å²) in [7, 11) is 1.61. The largest absolute Gasteiger partial charge is 0.348 e. The summed E-state index contributed by atoms with van der Waals surface area (Å²) < 4.78 is 2.69. The van der Waals surface area contributed by atoms with E-state index in [1.54, 1.807) is 13.4 Å². The lowest BCUT2D eigenvalue weighted by atomic mass is 10.2. The highest BCUT2D eigenvalue weighted by Crippen LogP contribution is 2.06. The fourth-order valence-electron chi connectivity index (χ4n) is 1.26. The van der Waals surface area contributed by atoms with Crippen molar-refractivity contribution in [2.75, 3.05) is 12.8 Å².